The summed E-state index contributed by atoms with van der Waals surface area (Å²) in [5.41, 5.74) is 0.493. The monoisotopic (exact) mass is 386 g/mol. The Morgan fingerprint density at radius 3 is 2.59 bits per heavy atom. The molecule has 9 heteroatoms. The quantitative estimate of drug-likeness (QED) is 0.705. The SMILES string of the molecule is O=C(Nc1ccc(Nc2ccc3c(c2)OCO3)nn1)c1c(F)cccc1Cl. The van der Waals surface area contributed by atoms with Gasteiger partial charge in [-0.1, -0.05) is 17.7 Å². The molecule has 4 rings (SSSR count). The Morgan fingerprint density at radius 1 is 1.04 bits per heavy atom. The number of fused-ring (bicyclic) bond motifs is 1. The smallest absolute Gasteiger partial charge is 0.261 e. The Hall–Kier alpha value is -3.39. The second-order valence-electron chi connectivity index (χ2n) is 5.55. The number of nitrogens with one attached hydrogen (secondary N) is 2. The Morgan fingerprint density at radius 2 is 1.81 bits per heavy atom. The third-order valence-electron chi connectivity index (χ3n) is 3.74. The van der Waals surface area contributed by atoms with Crippen LogP contribution in [0, 0.1) is 5.82 Å². The first-order valence-corrected chi connectivity index (χ1v) is 8.24. The summed E-state index contributed by atoms with van der Waals surface area (Å²) in [7, 11) is 0. The second-order valence-corrected chi connectivity index (χ2v) is 5.95. The molecule has 2 aromatic carbocycles. The Balaban J connectivity index is 1.45. The van der Waals surface area contributed by atoms with Crippen LogP contribution >= 0.6 is 11.6 Å². The van der Waals surface area contributed by atoms with Crippen LogP contribution in [0.2, 0.25) is 5.02 Å². The maximum absolute atomic E-state index is 13.8. The minimum Gasteiger partial charge on any atom is -0.454 e. The van der Waals surface area contributed by atoms with Crippen LogP contribution in [0.1, 0.15) is 10.4 Å². The van der Waals surface area contributed by atoms with Crippen LogP contribution < -0.4 is 20.1 Å². The topological polar surface area (TPSA) is 85.4 Å². The lowest BCUT2D eigenvalue weighted by Gasteiger charge is -2.08. The van der Waals surface area contributed by atoms with Crippen molar-refractivity contribution in [3.8, 4) is 11.5 Å². The highest BCUT2D eigenvalue weighted by Gasteiger charge is 2.17. The molecular weight excluding hydrogens is 375 g/mol. The average molecular weight is 387 g/mol. The van der Waals surface area contributed by atoms with Crippen LogP contribution in [0.5, 0.6) is 11.5 Å². The molecule has 2 N–H and O–H groups in total. The van der Waals surface area contributed by atoms with E-state index in [0.29, 0.717) is 17.3 Å². The number of nitrogens with zero attached hydrogens (tertiary/aromatic N) is 2. The molecule has 1 aliphatic rings. The molecule has 0 fully saturated rings. The van der Waals surface area contributed by atoms with Gasteiger partial charge in [0.2, 0.25) is 6.79 Å². The summed E-state index contributed by atoms with van der Waals surface area (Å²) < 4.78 is 24.4. The highest BCUT2D eigenvalue weighted by Crippen LogP contribution is 2.34. The molecule has 0 saturated heterocycles. The minimum atomic E-state index is -0.714. The van der Waals surface area contributed by atoms with E-state index in [1.165, 1.54) is 18.2 Å². The van der Waals surface area contributed by atoms with Crippen molar-refractivity contribution in [2.24, 2.45) is 0 Å². The highest BCUT2D eigenvalue weighted by molar-refractivity contribution is 6.34. The van der Waals surface area contributed by atoms with Crippen molar-refractivity contribution in [1.29, 1.82) is 0 Å². The first-order valence-electron chi connectivity index (χ1n) is 7.86. The Kier molecular flexibility index (Phi) is 4.47. The van der Waals surface area contributed by atoms with E-state index < -0.39 is 11.7 Å². The molecule has 1 aliphatic heterocycles. The van der Waals surface area contributed by atoms with Gasteiger partial charge in [-0.25, -0.2) is 4.39 Å². The summed E-state index contributed by atoms with van der Waals surface area (Å²) >= 11 is 5.88. The van der Waals surface area contributed by atoms with E-state index in [2.05, 4.69) is 20.8 Å². The number of benzene rings is 2. The Bertz CT molecular complexity index is 994. The van der Waals surface area contributed by atoms with Gasteiger partial charge >= 0.3 is 0 Å². The summed E-state index contributed by atoms with van der Waals surface area (Å²) in [5, 5.41) is 13.4. The number of ether oxygens (including phenoxy) is 2. The fraction of sp³-hybridized carbons (Fsp3) is 0.0556. The zero-order valence-corrected chi connectivity index (χ0v) is 14.5. The molecular formula is C18H12ClFN4O3. The zero-order valence-electron chi connectivity index (χ0n) is 13.7. The number of amides is 1. The third-order valence-corrected chi connectivity index (χ3v) is 4.06. The van der Waals surface area contributed by atoms with Gasteiger partial charge in [0.25, 0.3) is 5.91 Å². The summed E-state index contributed by atoms with van der Waals surface area (Å²) in [4.78, 5) is 12.2. The summed E-state index contributed by atoms with van der Waals surface area (Å²) in [6.45, 7) is 0.193. The molecule has 0 radical (unpaired) electrons. The summed E-state index contributed by atoms with van der Waals surface area (Å²) in [6, 6.07) is 12.5. The van der Waals surface area contributed by atoms with Gasteiger partial charge in [0, 0.05) is 11.8 Å². The molecule has 7 nitrogen and oxygen atoms in total. The van der Waals surface area contributed by atoms with E-state index >= 15 is 0 Å². The molecule has 0 unspecified atom stereocenters. The number of carbonyl (C=O) groups excluding carboxylic acids is 1. The maximum Gasteiger partial charge on any atom is 0.261 e. The lowest BCUT2D eigenvalue weighted by atomic mass is 10.2. The van der Waals surface area contributed by atoms with Crippen LogP contribution in [-0.4, -0.2) is 22.9 Å². The molecule has 0 atom stereocenters. The first kappa shape index (κ1) is 17.0. The molecule has 3 aromatic rings. The van der Waals surface area contributed by atoms with E-state index in [0.717, 1.165) is 11.8 Å². The van der Waals surface area contributed by atoms with Crippen molar-refractivity contribution in [3.63, 3.8) is 0 Å². The van der Waals surface area contributed by atoms with Crippen LogP contribution in [0.25, 0.3) is 0 Å². The fourth-order valence-corrected chi connectivity index (χ4v) is 2.73. The number of anilines is 3. The number of rotatable bonds is 4. The van der Waals surface area contributed by atoms with Crippen molar-refractivity contribution >= 4 is 34.8 Å². The molecule has 0 bridgehead atoms. The van der Waals surface area contributed by atoms with E-state index in [9.17, 15) is 9.18 Å². The highest BCUT2D eigenvalue weighted by atomic mass is 35.5. The molecule has 1 amide bonds. The van der Waals surface area contributed by atoms with E-state index in [4.69, 9.17) is 21.1 Å². The van der Waals surface area contributed by atoms with Crippen LogP contribution in [0.15, 0.2) is 48.5 Å². The molecule has 1 aromatic heterocycles. The number of hydrogen-bond donors (Lipinski definition) is 2. The van der Waals surface area contributed by atoms with Crippen molar-refractivity contribution in [3.05, 3.63) is 64.9 Å². The van der Waals surface area contributed by atoms with Crippen molar-refractivity contribution in [1.82, 2.24) is 10.2 Å². The van der Waals surface area contributed by atoms with E-state index in [-0.39, 0.29) is 23.2 Å². The first-order chi connectivity index (χ1) is 13.1. The van der Waals surface area contributed by atoms with Gasteiger partial charge in [-0.15, -0.1) is 10.2 Å². The Labute approximate surface area is 158 Å². The van der Waals surface area contributed by atoms with Gasteiger partial charge in [0.1, 0.15) is 5.82 Å². The van der Waals surface area contributed by atoms with Crippen molar-refractivity contribution in [2.45, 2.75) is 0 Å². The minimum absolute atomic E-state index is 0.0153. The number of aromatic nitrogens is 2. The van der Waals surface area contributed by atoms with Crippen LogP contribution in [-0.2, 0) is 0 Å². The average Bonchev–Trinajstić information content (AvgIpc) is 3.11. The van der Waals surface area contributed by atoms with Gasteiger partial charge in [0.05, 0.1) is 10.6 Å². The summed E-state index contributed by atoms with van der Waals surface area (Å²) in [6.07, 6.45) is 0. The van der Waals surface area contributed by atoms with Crippen LogP contribution in [0.4, 0.5) is 21.7 Å². The largest absolute Gasteiger partial charge is 0.454 e. The van der Waals surface area contributed by atoms with Gasteiger partial charge in [-0.2, -0.15) is 0 Å². The lowest BCUT2D eigenvalue weighted by Crippen LogP contribution is -2.15. The molecule has 27 heavy (non-hydrogen) atoms. The predicted molar refractivity (Wildman–Crippen MR) is 97.2 cm³/mol. The third kappa shape index (κ3) is 3.61. The lowest BCUT2D eigenvalue weighted by molar-refractivity contribution is 0.102. The van der Waals surface area contributed by atoms with Crippen molar-refractivity contribution in [2.75, 3.05) is 17.4 Å². The molecule has 0 spiro atoms. The van der Waals surface area contributed by atoms with Gasteiger partial charge in [-0.05, 0) is 36.4 Å². The molecule has 136 valence electrons. The van der Waals surface area contributed by atoms with Crippen molar-refractivity contribution < 1.29 is 18.7 Å². The standard InChI is InChI=1S/C18H12ClFN4O3/c19-11-2-1-3-12(20)17(11)18(25)22-16-7-6-15(23-24-16)21-10-4-5-13-14(8-10)27-9-26-13/h1-8H,9H2,(H,21,23)(H,22,24,25). The second kappa shape index (κ2) is 7.08. The van der Waals surface area contributed by atoms with Gasteiger partial charge in [0.15, 0.2) is 23.1 Å². The molecule has 0 aliphatic carbocycles. The number of hydrogen-bond acceptors (Lipinski definition) is 6. The fourth-order valence-electron chi connectivity index (χ4n) is 2.48. The maximum atomic E-state index is 13.8. The normalized spacial score (nSPS) is 11.9. The summed E-state index contributed by atoms with van der Waals surface area (Å²) in [5.74, 6) is 0.513. The number of halogens is 2. The van der Waals surface area contributed by atoms with E-state index in [1.807, 2.05) is 6.07 Å². The predicted octanol–water partition coefficient (Wildman–Crippen LogP) is 3.99. The zero-order chi connectivity index (χ0) is 18.8. The van der Waals surface area contributed by atoms with E-state index in [1.54, 1.807) is 18.2 Å². The van der Waals surface area contributed by atoms with Gasteiger partial charge in [-0.3, -0.25) is 4.79 Å². The van der Waals surface area contributed by atoms with Crippen LogP contribution in [0.3, 0.4) is 0 Å². The number of carbonyl (C=O) groups is 1. The molecule has 0 saturated carbocycles. The van der Waals surface area contributed by atoms with Gasteiger partial charge < -0.3 is 20.1 Å². The molecule has 2 heterocycles.